The minimum absolute atomic E-state index is 0.348. The second-order valence-corrected chi connectivity index (χ2v) is 5.24. The lowest BCUT2D eigenvalue weighted by Crippen LogP contribution is -2.49. The van der Waals surface area contributed by atoms with Crippen LogP contribution in [0.5, 0.6) is 5.75 Å². The molecule has 100 valence electrons. The summed E-state index contributed by atoms with van der Waals surface area (Å²) in [4.78, 5) is 2.35. The first kappa shape index (κ1) is 13.8. The summed E-state index contributed by atoms with van der Waals surface area (Å²) in [5, 5.41) is 0. The highest BCUT2D eigenvalue weighted by Gasteiger charge is 2.31. The van der Waals surface area contributed by atoms with Gasteiger partial charge in [-0.15, -0.1) is 23.2 Å². The molecule has 2 nitrogen and oxygen atoms in total. The van der Waals surface area contributed by atoms with Crippen molar-refractivity contribution in [2.45, 2.75) is 31.3 Å². The molecule has 2 atom stereocenters. The molecule has 18 heavy (non-hydrogen) atoms. The molecule has 1 aromatic carbocycles. The van der Waals surface area contributed by atoms with E-state index >= 15 is 0 Å². The second-order valence-electron chi connectivity index (χ2n) is 4.63. The SMILES string of the molecule is COc1ccccc1N1[C@H](CCl)CCC[C@@H]1CCl. The maximum absolute atomic E-state index is 6.12. The van der Waals surface area contributed by atoms with Gasteiger partial charge in [0.2, 0.25) is 0 Å². The number of ether oxygens (including phenoxy) is 1. The Kier molecular flexibility index (Phi) is 5.02. The van der Waals surface area contributed by atoms with Gasteiger partial charge in [-0.05, 0) is 31.4 Å². The van der Waals surface area contributed by atoms with Crippen molar-refractivity contribution >= 4 is 28.9 Å². The monoisotopic (exact) mass is 287 g/mol. The lowest BCUT2D eigenvalue weighted by molar-refractivity contribution is 0.391. The van der Waals surface area contributed by atoms with Crippen LogP contribution in [0.4, 0.5) is 5.69 Å². The molecule has 0 bridgehead atoms. The summed E-state index contributed by atoms with van der Waals surface area (Å²) in [5.74, 6) is 2.15. The van der Waals surface area contributed by atoms with Crippen LogP contribution in [0.15, 0.2) is 24.3 Å². The van der Waals surface area contributed by atoms with E-state index < -0.39 is 0 Å². The van der Waals surface area contributed by atoms with E-state index in [-0.39, 0.29) is 0 Å². The molecule has 1 heterocycles. The van der Waals surface area contributed by atoms with Crippen molar-refractivity contribution in [3.05, 3.63) is 24.3 Å². The summed E-state index contributed by atoms with van der Waals surface area (Å²) in [6.07, 6.45) is 3.43. The van der Waals surface area contributed by atoms with Gasteiger partial charge < -0.3 is 9.64 Å². The maximum Gasteiger partial charge on any atom is 0.142 e. The molecule has 1 fully saturated rings. The van der Waals surface area contributed by atoms with Crippen molar-refractivity contribution in [2.75, 3.05) is 23.8 Å². The Hall–Kier alpha value is -0.600. The van der Waals surface area contributed by atoms with Gasteiger partial charge in [-0.25, -0.2) is 0 Å². The van der Waals surface area contributed by atoms with E-state index in [1.807, 2.05) is 18.2 Å². The van der Waals surface area contributed by atoms with Crippen LogP contribution in [0, 0.1) is 0 Å². The molecule has 1 aliphatic heterocycles. The maximum atomic E-state index is 6.12. The van der Waals surface area contributed by atoms with Gasteiger partial charge >= 0.3 is 0 Å². The fourth-order valence-electron chi connectivity index (χ4n) is 2.70. The number of benzene rings is 1. The van der Waals surface area contributed by atoms with Gasteiger partial charge in [0.15, 0.2) is 0 Å². The number of anilines is 1. The minimum atomic E-state index is 0.348. The average molecular weight is 288 g/mol. The number of methoxy groups -OCH3 is 1. The van der Waals surface area contributed by atoms with E-state index in [1.165, 1.54) is 6.42 Å². The second kappa shape index (κ2) is 6.53. The molecule has 1 aliphatic rings. The van der Waals surface area contributed by atoms with E-state index in [1.54, 1.807) is 7.11 Å². The normalized spacial score (nSPS) is 24.1. The van der Waals surface area contributed by atoms with Crippen LogP contribution in [0.25, 0.3) is 0 Å². The number of hydrogen-bond acceptors (Lipinski definition) is 2. The molecule has 0 saturated carbocycles. The molecule has 0 aromatic heterocycles. The summed E-state index contributed by atoms with van der Waals surface area (Å²) in [7, 11) is 1.70. The highest BCUT2D eigenvalue weighted by Crippen LogP contribution is 2.36. The number of hydrogen-bond donors (Lipinski definition) is 0. The van der Waals surface area contributed by atoms with Gasteiger partial charge in [0.05, 0.1) is 12.8 Å². The number of para-hydroxylation sites is 2. The smallest absolute Gasteiger partial charge is 0.142 e. The number of halogens is 2. The van der Waals surface area contributed by atoms with Crippen molar-refractivity contribution in [1.82, 2.24) is 0 Å². The molecule has 0 radical (unpaired) electrons. The zero-order valence-electron chi connectivity index (χ0n) is 10.6. The summed E-state index contributed by atoms with van der Waals surface area (Å²) in [5.41, 5.74) is 1.11. The van der Waals surface area contributed by atoms with Gasteiger partial charge in [0.25, 0.3) is 0 Å². The molecule has 2 rings (SSSR count). The predicted octanol–water partition coefficient (Wildman–Crippen LogP) is 3.90. The van der Waals surface area contributed by atoms with E-state index in [2.05, 4.69) is 11.0 Å². The standard InChI is InChI=1S/C14H19Cl2NO/c1-18-14-8-3-2-7-13(14)17-11(9-15)5-4-6-12(17)10-16/h2-3,7-8,11-12H,4-6,9-10H2,1H3/t11-,12+. The van der Waals surface area contributed by atoms with Crippen LogP contribution in [-0.4, -0.2) is 31.0 Å². The topological polar surface area (TPSA) is 12.5 Å². The van der Waals surface area contributed by atoms with Crippen LogP contribution in [0.3, 0.4) is 0 Å². The lowest BCUT2D eigenvalue weighted by Gasteiger charge is -2.43. The Morgan fingerprint density at radius 1 is 1.17 bits per heavy atom. The Labute approximate surface area is 119 Å². The van der Waals surface area contributed by atoms with E-state index in [4.69, 9.17) is 27.9 Å². The van der Waals surface area contributed by atoms with Gasteiger partial charge in [0.1, 0.15) is 5.75 Å². The van der Waals surface area contributed by atoms with Gasteiger partial charge in [0, 0.05) is 23.8 Å². The summed E-state index contributed by atoms with van der Waals surface area (Å²) < 4.78 is 5.46. The molecule has 1 saturated heterocycles. The number of alkyl halides is 2. The first-order chi connectivity index (χ1) is 8.81. The Bertz CT molecular complexity index is 374. The van der Waals surface area contributed by atoms with Crippen LogP contribution in [0.1, 0.15) is 19.3 Å². The third-order valence-electron chi connectivity index (χ3n) is 3.58. The van der Waals surface area contributed by atoms with Crippen LogP contribution in [0.2, 0.25) is 0 Å². The van der Waals surface area contributed by atoms with Crippen molar-refractivity contribution in [3.63, 3.8) is 0 Å². The third-order valence-corrected chi connectivity index (χ3v) is 4.29. The molecule has 0 amide bonds. The Morgan fingerprint density at radius 2 is 1.78 bits per heavy atom. The van der Waals surface area contributed by atoms with E-state index in [0.717, 1.165) is 24.3 Å². The molecule has 0 spiro atoms. The molecular formula is C14H19Cl2NO. The van der Waals surface area contributed by atoms with Gasteiger partial charge in [-0.3, -0.25) is 0 Å². The molecular weight excluding hydrogens is 269 g/mol. The van der Waals surface area contributed by atoms with Crippen molar-refractivity contribution < 1.29 is 4.74 Å². The van der Waals surface area contributed by atoms with E-state index in [9.17, 15) is 0 Å². The number of piperidine rings is 1. The molecule has 4 heteroatoms. The Morgan fingerprint density at radius 3 is 2.33 bits per heavy atom. The summed E-state index contributed by atoms with van der Waals surface area (Å²) in [6, 6.07) is 8.78. The molecule has 1 aromatic rings. The van der Waals surface area contributed by atoms with Gasteiger partial charge in [-0.2, -0.15) is 0 Å². The summed E-state index contributed by atoms with van der Waals surface area (Å²) in [6.45, 7) is 0. The quantitative estimate of drug-likeness (QED) is 0.779. The number of nitrogens with zero attached hydrogens (tertiary/aromatic N) is 1. The summed E-state index contributed by atoms with van der Waals surface area (Å²) >= 11 is 12.2. The Balaban J connectivity index is 2.36. The lowest BCUT2D eigenvalue weighted by atomic mass is 9.96. The first-order valence-electron chi connectivity index (χ1n) is 6.35. The van der Waals surface area contributed by atoms with Crippen LogP contribution in [-0.2, 0) is 0 Å². The molecule has 0 aliphatic carbocycles. The minimum Gasteiger partial charge on any atom is -0.495 e. The fourth-order valence-corrected chi connectivity index (χ4v) is 3.31. The van der Waals surface area contributed by atoms with Crippen LogP contribution < -0.4 is 9.64 Å². The van der Waals surface area contributed by atoms with Crippen LogP contribution >= 0.6 is 23.2 Å². The highest BCUT2D eigenvalue weighted by atomic mass is 35.5. The van der Waals surface area contributed by atoms with Gasteiger partial charge in [-0.1, -0.05) is 12.1 Å². The molecule has 0 N–H and O–H groups in total. The first-order valence-corrected chi connectivity index (χ1v) is 7.42. The zero-order chi connectivity index (χ0) is 13.0. The highest BCUT2D eigenvalue weighted by molar-refractivity contribution is 6.19. The largest absolute Gasteiger partial charge is 0.495 e. The zero-order valence-corrected chi connectivity index (χ0v) is 12.1. The van der Waals surface area contributed by atoms with Crippen molar-refractivity contribution in [2.24, 2.45) is 0 Å². The number of rotatable bonds is 4. The van der Waals surface area contributed by atoms with Crippen molar-refractivity contribution in [3.8, 4) is 5.75 Å². The fraction of sp³-hybridized carbons (Fsp3) is 0.571. The predicted molar refractivity (Wildman–Crippen MR) is 78.3 cm³/mol. The van der Waals surface area contributed by atoms with E-state index in [0.29, 0.717) is 23.8 Å². The average Bonchev–Trinajstić information content (AvgIpc) is 2.46. The van der Waals surface area contributed by atoms with Crippen molar-refractivity contribution in [1.29, 1.82) is 0 Å². The molecule has 0 unspecified atom stereocenters. The third kappa shape index (κ3) is 2.70.